The second-order valence-electron chi connectivity index (χ2n) is 5.82. The van der Waals surface area contributed by atoms with Gasteiger partial charge in [-0.2, -0.15) is 0 Å². The zero-order valence-electron chi connectivity index (χ0n) is 13.9. The number of methoxy groups -OCH3 is 1. The molecule has 1 aliphatic rings. The highest BCUT2D eigenvalue weighted by Crippen LogP contribution is 2.26. The molecule has 1 fully saturated rings. The number of thiophene rings is 1. The van der Waals surface area contributed by atoms with Crippen LogP contribution in [-0.2, 0) is 21.2 Å². The molecule has 0 atom stereocenters. The summed E-state index contributed by atoms with van der Waals surface area (Å²) in [5.41, 5.74) is 0.462. The molecule has 0 unspecified atom stereocenters. The smallest absolute Gasteiger partial charge is 0.271 e. The maximum atomic E-state index is 12.5. The van der Waals surface area contributed by atoms with Gasteiger partial charge in [-0.3, -0.25) is 9.52 Å². The maximum absolute atomic E-state index is 12.5. The second kappa shape index (κ2) is 7.45. The van der Waals surface area contributed by atoms with Crippen molar-refractivity contribution < 1.29 is 17.9 Å². The van der Waals surface area contributed by atoms with Crippen LogP contribution in [0.1, 0.15) is 17.7 Å². The monoisotopic (exact) mass is 380 g/mol. The van der Waals surface area contributed by atoms with Gasteiger partial charge in [0.1, 0.15) is 9.96 Å². The lowest BCUT2D eigenvalue weighted by Crippen LogP contribution is -2.28. The van der Waals surface area contributed by atoms with Crippen molar-refractivity contribution in [2.45, 2.75) is 23.5 Å². The van der Waals surface area contributed by atoms with Crippen molar-refractivity contribution in [2.24, 2.45) is 0 Å². The van der Waals surface area contributed by atoms with Crippen molar-refractivity contribution >= 4 is 33.0 Å². The molecule has 0 radical (unpaired) electrons. The summed E-state index contributed by atoms with van der Waals surface area (Å²) in [5.74, 6) is 0.716. The molecule has 1 saturated heterocycles. The summed E-state index contributed by atoms with van der Waals surface area (Å²) in [6, 6.07) is 9.91. The van der Waals surface area contributed by atoms with E-state index in [9.17, 15) is 13.2 Å². The summed E-state index contributed by atoms with van der Waals surface area (Å²) in [6.45, 7) is 1.60. The van der Waals surface area contributed by atoms with Crippen molar-refractivity contribution in [1.29, 1.82) is 0 Å². The molecule has 0 saturated carbocycles. The number of hydrogen-bond acceptors (Lipinski definition) is 5. The molecule has 1 aromatic heterocycles. The van der Waals surface area contributed by atoms with Crippen LogP contribution in [0.3, 0.4) is 0 Å². The number of nitrogens with one attached hydrogen (secondary N) is 1. The Labute approximate surface area is 151 Å². The lowest BCUT2D eigenvalue weighted by molar-refractivity contribution is -0.129. The van der Waals surface area contributed by atoms with Crippen molar-refractivity contribution in [2.75, 3.05) is 24.9 Å². The number of sulfonamides is 1. The summed E-state index contributed by atoms with van der Waals surface area (Å²) in [4.78, 5) is 14.8. The number of anilines is 1. The van der Waals surface area contributed by atoms with Gasteiger partial charge < -0.3 is 9.64 Å². The van der Waals surface area contributed by atoms with Gasteiger partial charge in [-0.05, 0) is 49.2 Å². The fourth-order valence-electron chi connectivity index (χ4n) is 2.69. The van der Waals surface area contributed by atoms with Gasteiger partial charge in [0.15, 0.2) is 0 Å². The van der Waals surface area contributed by atoms with Gasteiger partial charge in [0.05, 0.1) is 13.5 Å². The van der Waals surface area contributed by atoms with E-state index >= 15 is 0 Å². The Hall–Kier alpha value is -2.06. The minimum atomic E-state index is -3.66. The molecule has 2 aromatic rings. The molecule has 1 N–H and O–H groups in total. The van der Waals surface area contributed by atoms with E-state index in [1.165, 1.54) is 0 Å². The van der Waals surface area contributed by atoms with Crippen LogP contribution >= 0.6 is 11.3 Å². The van der Waals surface area contributed by atoms with Gasteiger partial charge in [0, 0.05) is 23.7 Å². The number of carbonyl (C=O) groups is 1. The first-order chi connectivity index (χ1) is 12.0. The Morgan fingerprint density at radius 1 is 1.16 bits per heavy atom. The van der Waals surface area contributed by atoms with Crippen LogP contribution < -0.4 is 9.46 Å². The minimum absolute atomic E-state index is 0.0615. The minimum Gasteiger partial charge on any atom is -0.497 e. The molecule has 1 aliphatic heterocycles. The average Bonchev–Trinajstić information content (AvgIpc) is 3.27. The summed E-state index contributed by atoms with van der Waals surface area (Å²) in [6.07, 6.45) is 2.34. The Kier molecular flexibility index (Phi) is 5.29. The SMILES string of the molecule is COc1ccc(NS(=O)(=O)c2ccc(CC(=O)N3CCCC3)s2)cc1. The van der Waals surface area contributed by atoms with Gasteiger partial charge in [0.25, 0.3) is 10.0 Å². The van der Waals surface area contributed by atoms with Crippen molar-refractivity contribution in [3.05, 3.63) is 41.3 Å². The quantitative estimate of drug-likeness (QED) is 0.836. The molecule has 25 heavy (non-hydrogen) atoms. The standard InChI is InChI=1S/C17H20N2O4S2/c1-23-14-6-4-13(5-7-14)18-25(21,22)17-9-8-15(24-17)12-16(20)19-10-2-3-11-19/h4-9,18H,2-3,10-12H2,1H3. The number of ether oxygens (including phenoxy) is 1. The van der Waals surface area contributed by atoms with Crippen molar-refractivity contribution in [3.8, 4) is 5.75 Å². The molecule has 1 aromatic carbocycles. The molecule has 0 aliphatic carbocycles. The van der Waals surface area contributed by atoms with E-state index in [2.05, 4.69) is 4.72 Å². The second-order valence-corrected chi connectivity index (χ2v) is 8.90. The lowest BCUT2D eigenvalue weighted by atomic mass is 10.3. The lowest BCUT2D eigenvalue weighted by Gasteiger charge is -2.14. The third-order valence-corrected chi connectivity index (χ3v) is 6.99. The first kappa shape index (κ1) is 17.8. The number of rotatable bonds is 6. The van der Waals surface area contributed by atoms with Gasteiger partial charge in [-0.25, -0.2) is 8.42 Å². The van der Waals surface area contributed by atoms with E-state index in [-0.39, 0.29) is 16.5 Å². The average molecular weight is 380 g/mol. The largest absolute Gasteiger partial charge is 0.497 e. The van der Waals surface area contributed by atoms with Gasteiger partial charge in [0.2, 0.25) is 5.91 Å². The van der Waals surface area contributed by atoms with Crippen LogP contribution in [0.5, 0.6) is 5.75 Å². The maximum Gasteiger partial charge on any atom is 0.271 e. The van der Waals surface area contributed by atoms with Gasteiger partial charge in [-0.15, -0.1) is 11.3 Å². The number of carbonyl (C=O) groups excluding carboxylic acids is 1. The first-order valence-electron chi connectivity index (χ1n) is 8.01. The van der Waals surface area contributed by atoms with Crippen molar-refractivity contribution in [3.63, 3.8) is 0 Å². The molecule has 1 amide bonds. The number of hydrogen-bond donors (Lipinski definition) is 1. The van der Waals surface area contributed by atoms with E-state index < -0.39 is 10.0 Å². The summed E-state index contributed by atoms with van der Waals surface area (Å²) in [5, 5.41) is 0. The zero-order valence-corrected chi connectivity index (χ0v) is 15.5. The predicted octanol–water partition coefficient (Wildman–Crippen LogP) is 2.72. The third-order valence-electron chi connectivity index (χ3n) is 4.03. The van der Waals surface area contributed by atoms with E-state index in [4.69, 9.17) is 4.74 Å². The van der Waals surface area contributed by atoms with Crippen LogP contribution in [0.25, 0.3) is 0 Å². The molecule has 3 rings (SSSR count). The summed E-state index contributed by atoms with van der Waals surface area (Å²) in [7, 11) is -2.11. The number of amides is 1. The first-order valence-corrected chi connectivity index (χ1v) is 10.3. The Morgan fingerprint density at radius 2 is 1.84 bits per heavy atom. The highest BCUT2D eigenvalue weighted by Gasteiger charge is 2.21. The van der Waals surface area contributed by atoms with Crippen LogP contribution in [-0.4, -0.2) is 39.4 Å². The Balaban J connectivity index is 1.67. The zero-order chi connectivity index (χ0) is 17.9. The van der Waals surface area contributed by atoms with E-state index in [0.29, 0.717) is 11.4 Å². The molecular formula is C17H20N2O4S2. The molecule has 8 heteroatoms. The highest BCUT2D eigenvalue weighted by molar-refractivity contribution is 7.94. The molecule has 0 bridgehead atoms. The van der Waals surface area contributed by atoms with Crippen LogP contribution in [0.4, 0.5) is 5.69 Å². The van der Waals surface area contributed by atoms with Crippen LogP contribution in [0.2, 0.25) is 0 Å². The third kappa shape index (κ3) is 4.32. The van der Waals surface area contributed by atoms with E-state index in [1.54, 1.807) is 43.5 Å². The Morgan fingerprint density at radius 3 is 2.48 bits per heavy atom. The number of nitrogens with zero attached hydrogens (tertiary/aromatic N) is 1. The predicted molar refractivity (Wildman–Crippen MR) is 97.6 cm³/mol. The molecule has 6 nitrogen and oxygen atoms in total. The molecule has 2 heterocycles. The van der Waals surface area contributed by atoms with Crippen molar-refractivity contribution in [1.82, 2.24) is 4.90 Å². The van der Waals surface area contributed by atoms with Crippen LogP contribution in [0.15, 0.2) is 40.6 Å². The number of benzene rings is 1. The molecule has 134 valence electrons. The van der Waals surface area contributed by atoms with Gasteiger partial charge >= 0.3 is 0 Å². The topological polar surface area (TPSA) is 75.7 Å². The number of likely N-dealkylation sites (tertiary alicyclic amines) is 1. The summed E-state index contributed by atoms with van der Waals surface area (Å²) >= 11 is 1.13. The molecule has 0 spiro atoms. The fourth-order valence-corrected chi connectivity index (χ4v) is 5.09. The van der Waals surface area contributed by atoms with E-state index in [1.807, 2.05) is 4.90 Å². The molecular weight excluding hydrogens is 360 g/mol. The fraction of sp³-hybridized carbons (Fsp3) is 0.353. The van der Waals surface area contributed by atoms with E-state index in [0.717, 1.165) is 42.1 Å². The highest BCUT2D eigenvalue weighted by atomic mass is 32.2. The van der Waals surface area contributed by atoms with Gasteiger partial charge in [-0.1, -0.05) is 0 Å². The van der Waals surface area contributed by atoms with Crippen LogP contribution in [0, 0.1) is 0 Å². The normalized spacial score (nSPS) is 14.5. The Bertz CT molecular complexity index is 838. The summed E-state index contributed by atoms with van der Waals surface area (Å²) < 4.78 is 32.8.